The first-order chi connectivity index (χ1) is 12.7. The van der Waals surface area contributed by atoms with Gasteiger partial charge in [0.05, 0.1) is 11.4 Å². The van der Waals surface area contributed by atoms with E-state index in [1.54, 1.807) is 31.3 Å². The molecule has 0 aliphatic rings. The molecule has 0 saturated heterocycles. The van der Waals surface area contributed by atoms with E-state index in [0.29, 0.717) is 34.0 Å². The summed E-state index contributed by atoms with van der Waals surface area (Å²) in [4.78, 5) is 21.2. The van der Waals surface area contributed by atoms with Gasteiger partial charge in [-0.1, -0.05) is 16.6 Å². The second kappa shape index (κ2) is 6.89. The lowest BCUT2D eigenvalue weighted by atomic mass is 10.3. The van der Waals surface area contributed by atoms with E-state index < -0.39 is 0 Å². The zero-order chi connectivity index (χ0) is 17.9. The van der Waals surface area contributed by atoms with E-state index in [4.69, 9.17) is 9.15 Å². The second-order valence-electron chi connectivity index (χ2n) is 5.37. The summed E-state index contributed by atoms with van der Waals surface area (Å²) in [5, 5.41) is 6.44. The lowest BCUT2D eigenvalue weighted by molar-refractivity contribution is 0.102. The highest BCUT2D eigenvalue weighted by atomic mass is 32.1. The van der Waals surface area contributed by atoms with Crippen LogP contribution in [0.1, 0.15) is 21.1 Å². The molecule has 130 valence electrons. The molecule has 4 aromatic rings. The molecule has 1 N–H and O–H groups in total. The van der Waals surface area contributed by atoms with Crippen LogP contribution in [0.4, 0.5) is 6.01 Å². The molecule has 0 bridgehead atoms. The summed E-state index contributed by atoms with van der Waals surface area (Å²) in [7, 11) is 0. The molecule has 1 aromatic carbocycles. The molecule has 0 saturated carbocycles. The molecule has 0 atom stereocenters. The molecule has 3 aromatic heterocycles. The fraction of sp³-hybridized carbons (Fsp3) is 0.118. The Morgan fingerprint density at radius 3 is 2.96 bits per heavy atom. The van der Waals surface area contributed by atoms with E-state index in [-0.39, 0.29) is 11.9 Å². The number of ether oxygens (including phenoxy) is 1. The number of nitrogens with zero attached hydrogens (tertiary/aromatic N) is 4. The van der Waals surface area contributed by atoms with Crippen molar-refractivity contribution < 1.29 is 13.9 Å². The van der Waals surface area contributed by atoms with Gasteiger partial charge in [-0.15, -0.1) is 5.10 Å². The fourth-order valence-corrected chi connectivity index (χ4v) is 2.87. The van der Waals surface area contributed by atoms with E-state index in [2.05, 4.69) is 24.9 Å². The van der Waals surface area contributed by atoms with Crippen molar-refractivity contribution in [3.63, 3.8) is 0 Å². The predicted octanol–water partition coefficient (Wildman–Crippen LogP) is 3.21. The predicted molar refractivity (Wildman–Crippen MR) is 95.2 cm³/mol. The van der Waals surface area contributed by atoms with E-state index in [1.165, 1.54) is 0 Å². The van der Waals surface area contributed by atoms with Gasteiger partial charge in [-0.25, -0.2) is 0 Å². The third-order valence-electron chi connectivity index (χ3n) is 3.56. The van der Waals surface area contributed by atoms with Crippen LogP contribution < -0.4 is 10.1 Å². The molecule has 0 aliphatic carbocycles. The Kier molecular flexibility index (Phi) is 4.28. The smallest absolute Gasteiger partial charge is 0.302 e. The first-order valence-corrected chi connectivity index (χ1v) is 8.50. The lowest BCUT2D eigenvalue weighted by Crippen LogP contribution is -2.11. The number of oxazole rings is 1. The van der Waals surface area contributed by atoms with Crippen LogP contribution in [0.15, 0.2) is 47.0 Å². The van der Waals surface area contributed by atoms with Crippen LogP contribution in [-0.2, 0) is 6.61 Å². The third-order valence-corrected chi connectivity index (χ3v) is 4.39. The number of benzene rings is 1. The number of nitrogens with one attached hydrogen (secondary N) is 1. The zero-order valence-electron chi connectivity index (χ0n) is 13.7. The summed E-state index contributed by atoms with van der Waals surface area (Å²) in [6.45, 7) is 2.02. The Morgan fingerprint density at radius 1 is 1.27 bits per heavy atom. The van der Waals surface area contributed by atoms with Crippen LogP contribution in [-0.4, -0.2) is 25.5 Å². The minimum Gasteiger partial charge on any atom is -0.485 e. The number of hydrogen-bond acceptors (Lipinski definition) is 8. The zero-order valence-corrected chi connectivity index (χ0v) is 14.5. The Morgan fingerprint density at radius 2 is 2.19 bits per heavy atom. The Balaban J connectivity index is 1.55. The van der Waals surface area contributed by atoms with Crippen molar-refractivity contribution in [1.82, 2.24) is 19.6 Å². The van der Waals surface area contributed by atoms with Gasteiger partial charge in [0, 0.05) is 6.20 Å². The van der Waals surface area contributed by atoms with Crippen molar-refractivity contribution in [3.05, 3.63) is 58.9 Å². The second-order valence-corrected chi connectivity index (χ2v) is 6.13. The quantitative estimate of drug-likeness (QED) is 0.577. The maximum Gasteiger partial charge on any atom is 0.302 e. The minimum atomic E-state index is -0.361. The number of amides is 1. The first-order valence-electron chi connectivity index (χ1n) is 7.73. The molecule has 3 heterocycles. The summed E-state index contributed by atoms with van der Waals surface area (Å²) in [6.07, 6.45) is 1.71. The van der Waals surface area contributed by atoms with Crippen molar-refractivity contribution in [2.45, 2.75) is 13.5 Å². The van der Waals surface area contributed by atoms with Crippen LogP contribution in [0.5, 0.6) is 5.75 Å². The third kappa shape index (κ3) is 3.24. The average Bonchev–Trinajstić information content (AvgIpc) is 3.26. The maximum atomic E-state index is 12.2. The Bertz CT molecular complexity index is 1060. The lowest BCUT2D eigenvalue weighted by Gasteiger charge is -2.05. The van der Waals surface area contributed by atoms with Gasteiger partial charge in [-0.3, -0.25) is 15.1 Å². The normalized spacial score (nSPS) is 10.8. The van der Waals surface area contributed by atoms with Crippen LogP contribution >= 0.6 is 11.5 Å². The molecule has 8 nitrogen and oxygen atoms in total. The summed E-state index contributed by atoms with van der Waals surface area (Å²) >= 11 is 1.02. The highest BCUT2D eigenvalue weighted by Crippen LogP contribution is 2.28. The molecule has 26 heavy (non-hydrogen) atoms. The highest BCUT2D eigenvalue weighted by molar-refractivity contribution is 7.08. The summed E-state index contributed by atoms with van der Waals surface area (Å²) < 4.78 is 15.1. The summed E-state index contributed by atoms with van der Waals surface area (Å²) in [6, 6.07) is 11.0. The fourth-order valence-electron chi connectivity index (χ4n) is 2.32. The number of carbonyl (C=O) groups is 1. The number of para-hydroxylation sites is 1. The standard InChI is InChI=1S/C17H13N5O3S/c1-10-15(26-22-21-10)16(23)20-17-19-14-12(6-4-7-13(14)25-17)24-9-11-5-2-3-8-18-11/h2-8H,9H2,1H3,(H,19,20,23). The molecule has 0 aliphatic heterocycles. The number of anilines is 1. The molecular weight excluding hydrogens is 354 g/mol. The van der Waals surface area contributed by atoms with Crippen molar-refractivity contribution in [1.29, 1.82) is 0 Å². The molecule has 0 spiro atoms. The molecule has 9 heteroatoms. The number of carbonyl (C=O) groups excluding carboxylic acids is 1. The van der Waals surface area contributed by atoms with Gasteiger partial charge in [-0.05, 0) is 42.7 Å². The summed E-state index contributed by atoms with van der Waals surface area (Å²) in [5.41, 5.74) is 2.40. The number of pyridine rings is 1. The van der Waals surface area contributed by atoms with Crippen LogP contribution in [0.2, 0.25) is 0 Å². The van der Waals surface area contributed by atoms with Gasteiger partial charge >= 0.3 is 6.01 Å². The van der Waals surface area contributed by atoms with E-state index in [9.17, 15) is 4.79 Å². The van der Waals surface area contributed by atoms with Crippen molar-refractivity contribution >= 4 is 34.6 Å². The molecular formula is C17H13N5O3S. The van der Waals surface area contributed by atoms with Gasteiger partial charge in [-0.2, -0.15) is 4.98 Å². The minimum absolute atomic E-state index is 0.0895. The van der Waals surface area contributed by atoms with E-state index in [0.717, 1.165) is 17.2 Å². The Hall–Kier alpha value is -3.33. The van der Waals surface area contributed by atoms with Gasteiger partial charge in [0.1, 0.15) is 17.2 Å². The molecule has 0 fully saturated rings. The largest absolute Gasteiger partial charge is 0.485 e. The van der Waals surface area contributed by atoms with Crippen molar-refractivity contribution in [2.24, 2.45) is 0 Å². The SMILES string of the molecule is Cc1nnsc1C(=O)Nc1nc2c(OCc3ccccn3)cccc2o1. The monoisotopic (exact) mass is 367 g/mol. The molecule has 0 unspecified atom stereocenters. The number of fused-ring (bicyclic) bond motifs is 1. The van der Waals surface area contributed by atoms with Crippen LogP contribution in [0, 0.1) is 6.92 Å². The van der Waals surface area contributed by atoms with E-state index in [1.807, 2.05) is 18.2 Å². The molecule has 0 radical (unpaired) electrons. The van der Waals surface area contributed by atoms with Crippen molar-refractivity contribution in [3.8, 4) is 5.75 Å². The number of aromatic nitrogens is 4. The number of hydrogen-bond donors (Lipinski definition) is 1. The van der Waals surface area contributed by atoms with Gasteiger partial charge in [0.15, 0.2) is 11.1 Å². The van der Waals surface area contributed by atoms with Gasteiger partial charge in [0.25, 0.3) is 5.91 Å². The van der Waals surface area contributed by atoms with Gasteiger partial charge in [0.2, 0.25) is 0 Å². The molecule has 4 rings (SSSR count). The summed E-state index contributed by atoms with van der Waals surface area (Å²) in [5.74, 6) is 0.188. The van der Waals surface area contributed by atoms with Crippen LogP contribution in [0.25, 0.3) is 11.1 Å². The van der Waals surface area contributed by atoms with Crippen LogP contribution in [0.3, 0.4) is 0 Å². The van der Waals surface area contributed by atoms with Gasteiger partial charge < -0.3 is 9.15 Å². The van der Waals surface area contributed by atoms with E-state index >= 15 is 0 Å². The highest BCUT2D eigenvalue weighted by Gasteiger charge is 2.17. The first kappa shape index (κ1) is 16.2. The number of aryl methyl sites for hydroxylation is 1. The average molecular weight is 367 g/mol. The maximum absolute atomic E-state index is 12.2. The Labute approximate surface area is 152 Å². The number of rotatable bonds is 5. The molecule has 1 amide bonds. The van der Waals surface area contributed by atoms with Crippen molar-refractivity contribution in [2.75, 3.05) is 5.32 Å². The topological polar surface area (TPSA) is 103 Å².